The number of rotatable bonds is 6. The van der Waals surface area contributed by atoms with Crippen molar-refractivity contribution in [3.8, 4) is 0 Å². The Hall–Kier alpha value is -0.910. The molecule has 1 fully saturated rings. The number of aromatic nitrogens is 2. The summed E-state index contributed by atoms with van der Waals surface area (Å²) in [5.74, 6) is 0. The molecule has 1 aromatic rings. The Balaban J connectivity index is 1.76. The molecular weight excluding hydrogens is 228 g/mol. The third-order valence-corrected chi connectivity index (χ3v) is 3.40. The van der Waals surface area contributed by atoms with Gasteiger partial charge >= 0.3 is 0 Å². The third-order valence-electron chi connectivity index (χ3n) is 3.40. The van der Waals surface area contributed by atoms with Crippen LogP contribution in [-0.4, -0.2) is 46.8 Å². The smallest absolute Gasteiger partial charge is 0.0950 e. The van der Waals surface area contributed by atoms with Crippen LogP contribution >= 0.6 is 0 Å². The van der Waals surface area contributed by atoms with Gasteiger partial charge in [0.1, 0.15) is 0 Å². The van der Waals surface area contributed by atoms with Crippen molar-refractivity contribution in [2.45, 2.75) is 39.0 Å². The molecule has 2 heterocycles. The second-order valence-electron chi connectivity index (χ2n) is 4.82. The van der Waals surface area contributed by atoms with Crippen LogP contribution in [0.4, 0.5) is 0 Å². The lowest BCUT2D eigenvalue weighted by Gasteiger charge is -2.31. The van der Waals surface area contributed by atoms with Crippen molar-refractivity contribution in [3.05, 3.63) is 18.2 Å². The van der Waals surface area contributed by atoms with Gasteiger partial charge in [0, 0.05) is 45.5 Å². The van der Waals surface area contributed by atoms with Crippen molar-refractivity contribution >= 4 is 0 Å². The zero-order valence-corrected chi connectivity index (χ0v) is 11.2. The Morgan fingerprint density at radius 3 is 2.89 bits per heavy atom. The molecule has 1 aromatic heterocycles. The third kappa shape index (κ3) is 3.80. The molecule has 1 saturated heterocycles. The normalized spacial score (nSPS) is 18.3. The van der Waals surface area contributed by atoms with Crippen LogP contribution in [0.15, 0.2) is 12.5 Å². The number of hydrogen-bond acceptors (Lipinski definition) is 4. The quantitative estimate of drug-likeness (QED) is 0.815. The van der Waals surface area contributed by atoms with E-state index >= 15 is 0 Å². The number of hydrogen-bond donors (Lipinski definition) is 1. The van der Waals surface area contributed by atoms with Gasteiger partial charge in [-0.25, -0.2) is 4.98 Å². The number of nitrogens with two attached hydrogens (primary N) is 1. The van der Waals surface area contributed by atoms with Crippen molar-refractivity contribution in [3.63, 3.8) is 0 Å². The van der Waals surface area contributed by atoms with Gasteiger partial charge in [-0.2, -0.15) is 0 Å². The second kappa shape index (κ2) is 6.87. The first kappa shape index (κ1) is 13.5. The highest BCUT2D eigenvalue weighted by atomic mass is 16.5. The molecule has 0 saturated carbocycles. The van der Waals surface area contributed by atoms with Crippen LogP contribution in [0.25, 0.3) is 0 Å². The van der Waals surface area contributed by atoms with Crippen LogP contribution < -0.4 is 5.73 Å². The Labute approximate surface area is 109 Å². The van der Waals surface area contributed by atoms with Gasteiger partial charge in [-0.3, -0.25) is 4.90 Å². The average molecular weight is 252 g/mol. The standard InChI is InChI=1S/C13H24N4O/c1-2-18-13-3-6-16(7-4-13)9-12-10-17(8-5-14)11-15-12/h10-11,13H,2-9,14H2,1H3. The molecule has 2 rings (SSSR count). The predicted molar refractivity (Wildman–Crippen MR) is 71.2 cm³/mol. The number of likely N-dealkylation sites (tertiary alicyclic amines) is 1. The van der Waals surface area contributed by atoms with E-state index in [2.05, 4.69) is 27.6 Å². The molecule has 1 aliphatic heterocycles. The monoisotopic (exact) mass is 252 g/mol. The molecule has 18 heavy (non-hydrogen) atoms. The number of imidazole rings is 1. The minimum atomic E-state index is 0.459. The molecule has 0 aliphatic carbocycles. The van der Waals surface area contributed by atoms with E-state index in [0.29, 0.717) is 12.6 Å². The largest absolute Gasteiger partial charge is 0.378 e. The van der Waals surface area contributed by atoms with Crippen molar-refractivity contribution < 1.29 is 4.74 Å². The van der Waals surface area contributed by atoms with Gasteiger partial charge in [0.2, 0.25) is 0 Å². The van der Waals surface area contributed by atoms with Crippen LogP contribution in [0.5, 0.6) is 0 Å². The van der Waals surface area contributed by atoms with Crippen LogP contribution in [0, 0.1) is 0 Å². The van der Waals surface area contributed by atoms with Gasteiger partial charge in [-0.05, 0) is 19.8 Å². The lowest BCUT2D eigenvalue weighted by atomic mass is 10.1. The summed E-state index contributed by atoms with van der Waals surface area (Å²) in [6.45, 7) is 7.55. The van der Waals surface area contributed by atoms with Crippen molar-refractivity contribution in [2.24, 2.45) is 5.73 Å². The number of piperidine rings is 1. The van der Waals surface area contributed by atoms with E-state index in [1.807, 2.05) is 6.33 Å². The van der Waals surface area contributed by atoms with Crippen molar-refractivity contribution in [1.82, 2.24) is 14.5 Å². The summed E-state index contributed by atoms with van der Waals surface area (Å²) in [7, 11) is 0. The van der Waals surface area contributed by atoms with Crippen LogP contribution in [-0.2, 0) is 17.8 Å². The molecule has 0 aromatic carbocycles. The minimum Gasteiger partial charge on any atom is -0.378 e. The highest BCUT2D eigenvalue weighted by Crippen LogP contribution is 2.15. The maximum atomic E-state index is 5.66. The summed E-state index contributed by atoms with van der Waals surface area (Å²) in [6.07, 6.45) is 6.70. The van der Waals surface area contributed by atoms with Crippen LogP contribution in [0.1, 0.15) is 25.5 Å². The summed E-state index contributed by atoms with van der Waals surface area (Å²) in [5, 5.41) is 0. The topological polar surface area (TPSA) is 56.3 Å². The summed E-state index contributed by atoms with van der Waals surface area (Å²) in [6, 6.07) is 0. The van der Waals surface area contributed by atoms with Gasteiger partial charge in [0.25, 0.3) is 0 Å². The van der Waals surface area contributed by atoms with E-state index in [-0.39, 0.29) is 0 Å². The average Bonchev–Trinajstić information content (AvgIpc) is 2.80. The Bertz CT molecular complexity index is 345. The SMILES string of the molecule is CCOC1CCN(Cc2cn(CCN)cn2)CC1. The Kier molecular flexibility index (Phi) is 5.16. The second-order valence-corrected chi connectivity index (χ2v) is 4.82. The molecule has 2 N–H and O–H groups in total. The van der Waals surface area contributed by atoms with E-state index in [1.165, 1.54) is 0 Å². The van der Waals surface area contributed by atoms with Crippen LogP contribution in [0.2, 0.25) is 0 Å². The van der Waals surface area contributed by atoms with E-state index < -0.39 is 0 Å². The zero-order chi connectivity index (χ0) is 12.8. The molecule has 0 spiro atoms. The lowest BCUT2D eigenvalue weighted by Crippen LogP contribution is -2.36. The molecule has 1 aliphatic rings. The summed E-state index contributed by atoms with van der Waals surface area (Å²) < 4.78 is 7.71. The fourth-order valence-corrected chi connectivity index (χ4v) is 2.46. The molecule has 0 unspecified atom stereocenters. The maximum absolute atomic E-state index is 5.66. The van der Waals surface area contributed by atoms with E-state index in [9.17, 15) is 0 Å². The van der Waals surface area contributed by atoms with Gasteiger partial charge in [0.15, 0.2) is 0 Å². The van der Waals surface area contributed by atoms with E-state index in [0.717, 1.165) is 51.3 Å². The molecule has 5 heteroatoms. The molecular formula is C13H24N4O. The molecule has 0 bridgehead atoms. The van der Waals surface area contributed by atoms with E-state index in [4.69, 9.17) is 10.5 Å². The number of ether oxygens (including phenoxy) is 1. The summed E-state index contributed by atoms with van der Waals surface area (Å²) >= 11 is 0. The Morgan fingerprint density at radius 2 is 2.22 bits per heavy atom. The Morgan fingerprint density at radius 1 is 1.44 bits per heavy atom. The first-order valence-electron chi connectivity index (χ1n) is 6.86. The highest BCUT2D eigenvalue weighted by molar-refractivity contribution is 4.97. The van der Waals surface area contributed by atoms with Gasteiger partial charge in [-0.1, -0.05) is 0 Å². The summed E-state index contributed by atoms with van der Waals surface area (Å²) in [5.41, 5.74) is 6.66. The first-order chi connectivity index (χ1) is 8.81. The van der Waals surface area contributed by atoms with E-state index in [1.54, 1.807) is 0 Å². The molecule has 0 amide bonds. The summed E-state index contributed by atoms with van der Waals surface area (Å²) in [4.78, 5) is 6.87. The maximum Gasteiger partial charge on any atom is 0.0950 e. The van der Waals surface area contributed by atoms with Crippen LogP contribution in [0.3, 0.4) is 0 Å². The van der Waals surface area contributed by atoms with Crippen molar-refractivity contribution in [2.75, 3.05) is 26.2 Å². The molecule has 102 valence electrons. The fraction of sp³-hybridized carbons (Fsp3) is 0.769. The zero-order valence-electron chi connectivity index (χ0n) is 11.2. The number of nitrogens with zero attached hydrogens (tertiary/aromatic N) is 3. The van der Waals surface area contributed by atoms with Crippen molar-refractivity contribution in [1.29, 1.82) is 0 Å². The van der Waals surface area contributed by atoms with Gasteiger partial charge in [0.05, 0.1) is 18.1 Å². The van der Waals surface area contributed by atoms with Gasteiger partial charge in [-0.15, -0.1) is 0 Å². The highest BCUT2D eigenvalue weighted by Gasteiger charge is 2.19. The predicted octanol–water partition coefficient (Wildman–Crippen LogP) is 0.843. The fourth-order valence-electron chi connectivity index (χ4n) is 2.46. The van der Waals surface area contributed by atoms with Gasteiger partial charge < -0.3 is 15.0 Å². The molecule has 0 atom stereocenters. The lowest BCUT2D eigenvalue weighted by molar-refractivity contribution is 0.0123. The molecule has 0 radical (unpaired) electrons. The minimum absolute atomic E-state index is 0.459. The first-order valence-corrected chi connectivity index (χ1v) is 6.86. The molecule has 5 nitrogen and oxygen atoms in total.